The lowest BCUT2D eigenvalue weighted by Gasteiger charge is -2.10. The second-order valence-electron chi connectivity index (χ2n) is 5.90. The molecule has 5 nitrogen and oxygen atoms in total. The molecular weight excluding hydrogens is 429 g/mol. The molecule has 1 aromatic heterocycles. The predicted molar refractivity (Wildman–Crippen MR) is 106 cm³/mol. The number of nitrogens with zero attached hydrogens (tertiary/aromatic N) is 1. The Morgan fingerprint density at radius 1 is 1.36 bits per heavy atom. The number of aromatic nitrogens is 1. The molecule has 0 spiro atoms. The standard InChI is InChI=1S/C17H20BrN3O2.2ClH/c18-13-4-2-1-3-12(13)15-10-21-17(23-15)8-7-16(22)20-9-14(19)11-5-6-11;;/h1-4,10-11,14H,5-9,19H2,(H,20,22);2*1H. The van der Waals surface area contributed by atoms with E-state index in [2.05, 4.69) is 26.2 Å². The van der Waals surface area contributed by atoms with Crippen LogP contribution in [0.1, 0.15) is 25.2 Å². The number of benzene rings is 1. The van der Waals surface area contributed by atoms with Crippen molar-refractivity contribution in [1.29, 1.82) is 0 Å². The highest BCUT2D eigenvalue weighted by molar-refractivity contribution is 9.10. The molecule has 138 valence electrons. The van der Waals surface area contributed by atoms with E-state index in [1.54, 1.807) is 6.20 Å². The van der Waals surface area contributed by atoms with E-state index < -0.39 is 0 Å². The van der Waals surface area contributed by atoms with E-state index in [4.69, 9.17) is 10.2 Å². The Labute approximate surface area is 168 Å². The van der Waals surface area contributed by atoms with Gasteiger partial charge in [-0.3, -0.25) is 4.79 Å². The summed E-state index contributed by atoms with van der Waals surface area (Å²) in [7, 11) is 0. The van der Waals surface area contributed by atoms with Gasteiger partial charge in [0.25, 0.3) is 0 Å². The molecule has 8 heteroatoms. The Bertz CT molecular complexity index is 692. The lowest BCUT2D eigenvalue weighted by atomic mass is 10.2. The van der Waals surface area contributed by atoms with Gasteiger partial charge in [-0.2, -0.15) is 0 Å². The van der Waals surface area contributed by atoms with E-state index in [-0.39, 0.29) is 36.8 Å². The van der Waals surface area contributed by atoms with Crippen LogP contribution in [0.25, 0.3) is 11.3 Å². The van der Waals surface area contributed by atoms with Gasteiger partial charge in [0.1, 0.15) is 0 Å². The van der Waals surface area contributed by atoms with Gasteiger partial charge in [0.2, 0.25) is 5.91 Å². The first-order valence-corrected chi connectivity index (χ1v) is 8.64. The summed E-state index contributed by atoms with van der Waals surface area (Å²) in [5, 5.41) is 2.88. The van der Waals surface area contributed by atoms with Crippen molar-refractivity contribution in [2.24, 2.45) is 11.7 Å². The van der Waals surface area contributed by atoms with Crippen LogP contribution in [0.3, 0.4) is 0 Å². The molecule has 1 atom stereocenters. The number of hydrogen-bond donors (Lipinski definition) is 2. The summed E-state index contributed by atoms with van der Waals surface area (Å²) < 4.78 is 6.68. The fourth-order valence-electron chi connectivity index (χ4n) is 2.44. The second kappa shape index (κ2) is 10.2. The minimum absolute atomic E-state index is 0. The zero-order valence-corrected chi connectivity index (χ0v) is 16.8. The number of aryl methyl sites for hydroxylation is 1. The van der Waals surface area contributed by atoms with Crippen LogP contribution in [0.5, 0.6) is 0 Å². The van der Waals surface area contributed by atoms with Gasteiger partial charge in [0.15, 0.2) is 11.7 Å². The first kappa shape index (κ1) is 22.0. The Kier molecular flexibility index (Phi) is 8.93. The molecule has 25 heavy (non-hydrogen) atoms. The van der Waals surface area contributed by atoms with Crippen LogP contribution in [0.15, 0.2) is 39.4 Å². The molecule has 0 radical (unpaired) electrons. The average Bonchev–Trinajstić information content (AvgIpc) is 3.30. The van der Waals surface area contributed by atoms with Crippen molar-refractivity contribution in [2.75, 3.05) is 6.54 Å². The fraction of sp³-hybridized carbons (Fsp3) is 0.412. The SMILES string of the molecule is Cl.Cl.NC(CNC(=O)CCc1ncc(-c2ccccc2Br)o1)C1CC1. The molecule has 1 amide bonds. The number of hydrogen-bond acceptors (Lipinski definition) is 4. The van der Waals surface area contributed by atoms with Gasteiger partial charge in [-0.1, -0.05) is 34.1 Å². The molecule has 3 N–H and O–H groups in total. The molecule has 1 fully saturated rings. The minimum atomic E-state index is -0.0123. The van der Waals surface area contributed by atoms with Gasteiger partial charge in [-0.15, -0.1) is 24.8 Å². The number of carbonyl (C=O) groups excluding carboxylic acids is 1. The summed E-state index contributed by atoms with van der Waals surface area (Å²) >= 11 is 3.49. The van der Waals surface area contributed by atoms with Crippen LogP contribution in [-0.4, -0.2) is 23.5 Å². The summed E-state index contributed by atoms with van der Waals surface area (Å²) in [6, 6.07) is 7.89. The van der Waals surface area contributed by atoms with E-state index in [1.807, 2.05) is 24.3 Å². The largest absolute Gasteiger partial charge is 0.441 e. The van der Waals surface area contributed by atoms with Crippen molar-refractivity contribution >= 4 is 46.7 Å². The lowest BCUT2D eigenvalue weighted by Crippen LogP contribution is -2.38. The Morgan fingerprint density at radius 3 is 2.76 bits per heavy atom. The quantitative estimate of drug-likeness (QED) is 0.673. The first-order chi connectivity index (χ1) is 11.1. The van der Waals surface area contributed by atoms with Crippen molar-refractivity contribution in [3.8, 4) is 11.3 Å². The normalized spacial score (nSPS) is 14.2. The molecule has 3 rings (SSSR count). The van der Waals surface area contributed by atoms with E-state index in [0.717, 1.165) is 10.0 Å². The third-order valence-corrected chi connectivity index (χ3v) is 4.71. The monoisotopic (exact) mass is 449 g/mol. The highest BCUT2D eigenvalue weighted by atomic mass is 79.9. The van der Waals surface area contributed by atoms with Crippen LogP contribution in [-0.2, 0) is 11.2 Å². The summed E-state index contributed by atoms with van der Waals surface area (Å²) in [6.45, 7) is 0.553. The van der Waals surface area contributed by atoms with Crippen molar-refractivity contribution in [3.63, 3.8) is 0 Å². The highest BCUT2D eigenvalue weighted by Crippen LogP contribution is 2.31. The summed E-state index contributed by atoms with van der Waals surface area (Å²) in [5.74, 6) is 1.84. The number of amides is 1. The summed E-state index contributed by atoms with van der Waals surface area (Å²) in [4.78, 5) is 16.1. The van der Waals surface area contributed by atoms with Gasteiger partial charge in [0.05, 0.1) is 6.20 Å². The zero-order chi connectivity index (χ0) is 16.2. The number of rotatable bonds is 7. The molecule has 1 aromatic carbocycles. The molecule has 1 saturated carbocycles. The number of nitrogens with two attached hydrogens (primary N) is 1. The second-order valence-corrected chi connectivity index (χ2v) is 6.76. The number of carbonyl (C=O) groups is 1. The minimum Gasteiger partial charge on any atom is -0.441 e. The Balaban J connectivity index is 0.00000156. The first-order valence-electron chi connectivity index (χ1n) is 7.85. The fourth-order valence-corrected chi connectivity index (χ4v) is 2.92. The highest BCUT2D eigenvalue weighted by Gasteiger charge is 2.28. The summed E-state index contributed by atoms with van der Waals surface area (Å²) in [5.41, 5.74) is 6.92. The van der Waals surface area contributed by atoms with Crippen LogP contribution in [0.2, 0.25) is 0 Å². The smallest absolute Gasteiger partial charge is 0.220 e. The van der Waals surface area contributed by atoms with Crippen molar-refractivity contribution in [2.45, 2.75) is 31.7 Å². The van der Waals surface area contributed by atoms with Crippen molar-refractivity contribution < 1.29 is 9.21 Å². The molecule has 0 saturated heterocycles. The van der Waals surface area contributed by atoms with Gasteiger partial charge in [-0.05, 0) is 24.8 Å². The third kappa shape index (κ3) is 6.29. The van der Waals surface area contributed by atoms with Crippen LogP contribution >= 0.6 is 40.7 Å². The maximum Gasteiger partial charge on any atom is 0.220 e. The molecule has 1 aliphatic rings. The van der Waals surface area contributed by atoms with Gasteiger partial charge >= 0.3 is 0 Å². The van der Waals surface area contributed by atoms with Crippen LogP contribution in [0.4, 0.5) is 0 Å². The van der Waals surface area contributed by atoms with Crippen LogP contribution in [0, 0.1) is 5.92 Å². The Hall–Kier alpha value is -1.08. The molecule has 2 aromatic rings. The van der Waals surface area contributed by atoms with Crippen LogP contribution < -0.4 is 11.1 Å². The predicted octanol–water partition coefficient (Wildman–Crippen LogP) is 3.73. The van der Waals surface area contributed by atoms with E-state index in [9.17, 15) is 4.79 Å². The molecule has 1 unspecified atom stereocenters. The molecule has 0 bridgehead atoms. The molecular formula is C17H22BrCl2N3O2. The summed E-state index contributed by atoms with van der Waals surface area (Å²) in [6.07, 6.45) is 4.90. The van der Waals surface area contributed by atoms with Crippen molar-refractivity contribution in [1.82, 2.24) is 10.3 Å². The molecule has 1 heterocycles. The maximum atomic E-state index is 11.9. The lowest BCUT2D eigenvalue weighted by molar-refractivity contribution is -0.121. The number of halogens is 3. The van der Waals surface area contributed by atoms with Crippen molar-refractivity contribution in [3.05, 3.63) is 40.8 Å². The zero-order valence-electron chi connectivity index (χ0n) is 13.6. The van der Waals surface area contributed by atoms with E-state index in [1.165, 1.54) is 12.8 Å². The Morgan fingerprint density at radius 2 is 2.08 bits per heavy atom. The van der Waals surface area contributed by atoms with Gasteiger partial charge in [0, 0.05) is 35.5 Å². The number of nitrogens with one attached hydrogen (secondary N) is 1. The van der Waals surface area contributed by atoms with E-state index in [0.29, 0.717) is 37.0 Å². The maximum absolute atomic E-state index is 11.9. The third-order valence-electron chi connectivity index (χ3n) is 4.02. The van der Waals surface area contributed by atoms with E-state index >= 15 is 0 Å². The van der Waals surface area contributed by atoms with Gasteiger partial charge in [-0.25, -0.2) is 4.98 Å². The number of oxazole rings is 1. The molecule has 0 aliphatic heterocycles. The topological polar surface area (TPSA) is 81.1 Å². The average molecular weight is 451 g/mol. The molecule has 1 aliphatic carbocycles. The van der Waals surface area contributed by atoms with Gasteiger partial charge < -0.3 is 15.5 Å².